The fourth-order valence-corrected chi connectivity index (χ4v) is 3.89. The summed E-state index contributed by atoms with van der Waals surface area (Å²) in [5.41, 5.74) is 2.40. The van der Waals surface area contributed by atoms with Gasteiger partial charge in [0.1, 0.15) is 5.60 Å². The molecule has 168 valence electrons. The fraction of sp³-hybridized carbons (Fsp3) is 0.321. The smallest absolute Gasteiger partial charge is 0.337 e. The van der Waals surface area contributed by atoms with Gasteiger partial charge in [-0.25, -0.2) is 4.79 Å². The van der Waals surface area contributed by atoms with Crippen molar-refractivity contribution in [2.45, 2.75) is 58.0 Å². The van der Waals surface area contributed by atoms with Crippen molar-refractivity contribution in [2.24, 2.45) is 0 Å². The molecule has 0 aliphatic carbocycles. The number of esters is 1. The largest absolute Gasteiger partial charge is 0.458 e. The van der Waals surface area contributed by atoms with Crippen LogP contribution in [0.5, 0.6) is 0 Å². The van der Waals surface area contributed by atoms with E-state index in [1.54, 1.807) is 0 Å². The minimum absolute atomic E-state index is 0.0568. The molecule has 0 saturated heterocycles. The molecule has 3 aromatic carbocycles. The maximum Gasteiger partial charge on any atom is 0.337 e. The molecule has 1 N–H and O–H groups in total. The van der Waals surface area contributed by atoms with Crippen molar-refractivity contribution in [3.63, 3.8) is 0 Å². The average molecular weight is 432 g/mol. The Labute approximate surface area is 191 Å². The van der Waals surface area contributed by atoms with Crippen LogP contribution in [0.4, 0.5) is 0 Å². The number of hydrogen-bond donors (Lipinski definition) is 1. The quantitative estimate of drug-likeness (QED) is 0.465. The van der Waals surface area contributed by atoms with Gasteiger partial charge in [-0.05, 0) is 44.4 Å². The van der Waals surface area contributed by atoms with Gasteiger partial charge in [0, 0.05) is 12.6 Å². The van der Waals surface area contributed by atoms with Crippen molar-refractivity contribution in [3.8, 4) is 0 Å². The van der Waals surface area contributed by atoms with Crippen LogP contribution < -0.4 is 0 Å². The van der Waals surface area contributed by atoms with Crippen LogP contribution in [0.2, 0.25) is 0 Å². The summed E-state index contributed by atoms with van der Waals surface area (Å²) in [7, 11) is 0. The Morgan fingerprint density at radius 1 is 0.844 bits per heavy atom. The maximum absolute atomic E-state index is 13.0. The summed E-state index contributed by atoms with van der Waals surface area (Å²) < 4.78 is 5.57. The van der Waals surface area contributed by atoms with Gasteiger partial charge < -0.3 is 9.84 Å². The molecule has 0 saturated carbocycles. The number of carbonyl (C=O) groups excluding carboxylic acids is 1. The topological polar surface area (TPSA) is 49.8 Å². The summed E-state index contributed by atoms with van der Waals surface area (Å²) in [6.45, 7) is 8.10. The third-order valence-corrected chi connectivity index (χ3v) is 5.43. The average Bonchev–Trinajstić information content (AvgIpc) is 2.79. The van der Waals surface area contributed by atoms with Crippen LogP contribution >= 0.6 is 0 Å². The van der Waals surface area contributed by atoms with E-state index in [4.69, 9.17) is 4.74 Å². The first-order valence-corrected chi connectivity index (χ1v) is 11.1. The summed E-state index contributed by atoms with van der Waals surface area (Å²) in [6, 6.07) is 29.3. The molecule has 0 radical (unpaired) electrons. The normalized spacial score (nSPS) is 14.6. The van der Waals surface area contributed by atoms with Crippen LogP contribution in [-0.4, -0.2) is 27.7 Å². The Bertz CT molecular complexity index is 968. The second kappa shape index (κ2) is 10.6. The monoisotopic (exact) mass is 431 g/mol. The Kier molecular flexibility index (Phi) is 7.84. The molecule has 3 rings (SSSR count). The van der Waals surface area contributed by atoms with Crippen molar-refractivity contribution in [2.75, 3.05) is 0 Å². The zero-order chi connectivity index (χ0) is 23.1. The van der Waals surface area contributed by atoms with E-state index >= 15 is 0 Å². The van der Waals surface area contributed by atoms with Gasteiger partial charge in [-0.3, -0.25) is 4.90 Å². The van der Waals surface area contributed by atoms with E-state index in [2.05, 4.69) is 36.1 Å². The molecule has 0 aliphatic rings. The summed E-state index contributed by atoms with van der Waals surface area (Å²) in [6.07, 6.45) is -1.34. The molecule has 32 heavy (non-hydrogen) atoms. The van der Waals surface area contributed by atoms with E-state index in [1.165, 1.54) is 0 Å². The van der Waals surface area contributed by atoms with Crippen LogP contribution in [0.25, 0.3) is 0 Å². The lowest BCUT2D eigenvalue weighted by Gasteiger charge is -2.39. The van der Waals surface area contributed by atoms with E-state index < -0.39 is 23.7 Å². The number of rotatable bonds is 8. The van der Waals surface area contributed by atoms with Gasteiger partial charge in [0.05, 0.1) is 6.04 Å². The predicted octanol–water partition coefficient (Wildman–Crippen LogP) is 5.69. The summed E-state index contributed by atoms with van der Waals surface area (Å²) in [5.74, 6) is -0.621. The zero-order valence-electron chi connectivity index (χ0n) is 19.3. The van der Waals surface area contributed by atoms with E-state index in [0.717, 1.165) is 16.7 Å². The highest BCUT2D eigenvalue weighted by molar-refractivity contribution is 5.76. The fourth-order valence-electron chi connectivity index (χ4n) is 3.89. The molecule has 4 heteroatoms. The van der Waals surface area contributed by atoms with E-state index in [1.807, 2.05) is 87.5 Å². The molecule has 4 nitrogen and oxygen atoms in total. The number of aliphatic hydroxyl groups is 1. The van der Waals surface area contributed by atoms with Crippen molar-refractivity contribution in [1.82, 2.24) is 4.90 Å². The third-order valence-electron chi connectivity index (χ3n) is 5.43. The van der Waals surface area contributed by atoms with Crippen LogP contribution in [0.3, 0.4) is 0 Å². The maximum atomic E-state index is 13.0. The molecule has 0 fully saturated rings. The van der Waals surface area contributed by atoms with E-state index in [9.17, 15) is 9.90 Å². The zero-order valence-corrected chi connectivity index (χ0v) is 19.3. The molecular formula is C28H33NO3. The summed E-state index contributed by atoms with van der Waals surface area (Å²) >= 11 is 0. The van der Waals surface area contributed by atoms with Gasteiger partial charge in [-0.1, -0.05) is 91.0 Å². The Balaban J connectivity index is 2.06. The lowest BCUT2D eigenvalue weighted by Crippen LogP contribution is -2.44. The van der Waals surface area contributed by atoms with Crippen molar-refractivity contribution < 1.29 is 14.6 Å². The first-order valence-electron chi connectivity index (χ1n) is 11.1. The van der Waals surface area contributed by atoms with Gasteiger partial charge >= 0.3 is 5.97 Å². The molecule has 0 unspecified atom stereocenters. The standard InChI is InChI=1S/C28H33NO3/c1-21(23-16-10-6-11-17-23)29(20-22-14-8-5-9-15-22)25(24-18-12-7-13-19-24)26(30)27(31)32-28(2,3)4/h5-19,21,25-26,30H,20H2,1-4H3/t21-,25-,26-/m0/s1. The second-order valence-corrected chi connectivity index (χ2v) is 9.08. The van der Waals surface area contributed by atoms with Crippen LogP contribution in [0, 0.1) is 0 Å². The molecule has 0 spiro atoms. The van der Waals surface area contributed by atoms with Gasteiger partial charge in [0.25, 0.3) is 0 Å². The number of hydrogen-bond acceptors (Lipinski definition) is 4. The van der Waals surface area contributed by atoms with Gasteiger partial charge in [0.2, 0.25) is 0 Å². The number of aliphatic hydroxyl groups excluding tert-OH is 1. The summed E-state index contributed by atoms with van der Waals surface area (Å²) in [5, 5.41) is 11.3. The van der Waals surface area contributed by atoms with Gasteiger partial charge in [0.15, 0.2) is 6.10 Å². The van der Waals surface area contributed by atoms with E-state index in [-0.39, 0.29) is 6.04 Å². The molecule has 0 amide bonds. The molecule has 3 atom stereocenters. The first kappa shape index (κ1) is 23.7. The molecule has 0 bridgehead atoms. The Morgan fingerprint density at radius 3 is 1.81 bits per heavy atom. The Morgan fingerprint density at radius 2 is 1.31 bits per heavy atom. The van der Waals surface area contributed by atoms with Crippen LogP contribution in [0.1, 0.15) is 56.5 Å². The molecule has 0 aromatic heterocycles. The molecule has 0 heterocycles. The van der Waals surface area contributed by atoms with Gasteiger partial charge in [-0.15, -0.1) is 0 Å². The van der Waals surface area contributed by atoms with Crippen molar-refractivity contribution in [3.05, 3.63) is 108 Å². The number of nitrogens with zero attached hydrogens (tertiary/aromatic N) is 1. The second-order valence-electron chi connectivity index (χ2n) is 9.08. The van der Waals surface area contributed by atoms with Crippen molar-refractivity contribution in [1.29, 1.82) is 0 Å². The first-order chi connectivity index (χ1) is 15.3. The highest BCUT2D eigenvalue weighted by Crippen LogP contribution is 2.35. The molecular weight excluding hydrogens is 398 g/mol. The highest BCUT2D eigenvalue weighted by Gasteiger charge is 2.37. The lowest BCUT2D eigenvalue weighted by atomic mass is 9.95. The summed E-state index contributed by atoms with van der Waals surface area (Å²) in [4.78, 5) is 15.2. The van der Waals surface area contributed by atoms with Gasteiger partial charge in [-0.2, -0.15) is 0 Å². The van der Waals surface area contributed by atoms with E-state index in [0.29, 0.717) is 6.54 Å². The van der Waals surface area contributed by atoms with Crippen LogP contribution in [-0.2, 0) is 16.1 Å². The SMILES string of the molecule is C[C@@H](c1ccccc1)N(Cc1ccccc1)[C@@H](c1ccccc1)[C@H](O)C(=O)OC(C)(C)C. The third kappa shape index (κ3) is 6.28. The minimum atomic E-state index is -1.34. The predicted molar refractivity (Wildman–Crippen MR) is 128 cm³/mol. The number of benzene rings is 3. The highest BCUT2D eigenvalue weighted by atomic mass is 16.6. The number of ether oxygens (including phenoxy) is 1. The lowest BCUT2D eigenvalue weighted by molar-refractivity contribution is -0.170. The minimum Gasteiger partial charge on any atom is -0.458 e. The van der Waals surface area contributed by atoms with Crippen LogP contribution in [0.15, 0.2) is 91.0 Å². The molecule has 3 aromatic rings. The Hall–Kier alpha value is -2.95. The molecule has 0 aliphatic heterocycles. The van der Waals surface area contributed by atoms with Crippen molar-refractivity contribution >= 4 is 5.97 Å². The number of carbonyl (C=O) groups is 1.